The number of hydrogen-bond acceptors (Lipinski definition) is 5. The third kappa shape index (κ3) is 3.26. The molecule has 1 aliphatic rings. The van der Waals surface area contributed by atoms with Gasteiger partial charge in [-0.15, -0.1) is 10.2 Å². The van der Waals surface area contributed by atoms with Crippen LogP contribution in [0.4, 0.5) is 0 Å². The fourth-order valence-electron chi connectivity index (χ4n) is 3.50. The molecule has 5 rings (SSSR count). The van der Waals surface area contributed by atoms with Crippen molar-refractivity contribution in [1.29, 1.82) is 0 Å². The molecule has 0 saturated heterocycles. The van der Waals surface area contributed by atoms with Crippen molar-refractivity contribution in [2.45, 2.75) is 17.9 Å². The number of benzene rings is 2. The van der Waals surface area contributed by atoms with Gasteiger partial charge in [0.1, 0.15) is 10.6 Å². The zero-order chi connectivity index (χ0) is 19.8. The molecule has 4 aromatic rings. The molecule has 146 valence electrons. The summed E-state index contributed by atoms with van der Waals surface area (Å²) in [5.41, 5.74) is 3.52. The van der Waals surface area contributed by atoms with Crippen molar-refractivity contribution in [2.75, 3.05) is 6.54 Å². The molecule has 0 saturated carbocycles. The third-order valence-electron chi connectivity index (χ3n) is 5.07. The van der Waals surface area contributed by atoms with Crippen molar-refractivity contribution in [3.8, 4) is 23.0 Å². The van der Waals surface area contributed by atoms with Crippen LogP contribution in [0.5, 0.6) is 0 Å². The smallest absolute Gasteiger partial charge is 0.264 e. The van der Waals surface area contributed by atoms with Crippen LogP contribution in [0.1, 0.15) is 11.1 Å². The van der Waals surface area contributed by atoms with Crippen molar-refractivity contribution >= 4 is 10.0 Å². The lowest BCUT2D eigenvalue weighted by atomic mass is 10.0. The van der Waals surface area contributed by atoms with E-state index in [0.717, 1.165) is 11.1 Å². The van der Waals surface area contributed by atoms with Crippen LogP contribution in [0, 0.1) is 0 Å². The molecule has 7 nitrogen and oxygen atoms in total. The van der Waals surface area contributed by atoms with Gasteiger partial charge in [0.15, 0.2) is 0 Å². The summed E-state index contributed by atoms with van der Waals surface area (Å²) in [7, 11) is -3.63. The van der Waals surface area contributed by atoms with Crippen LogP contribution in [-0.4, -0.2) is 34.4 Å². The zero-order valence-electron chi connectivity index (χ0n) is 15.4. The molecule has 0 atom stereocenters. The monoisotopic (exact) mass is 406 g/mol. The van der Waals surface area contributed by atoms with E-state index in [2.05, 4.69) is 15.2 Å². The minimum atomic E-state index is -3.63. The first kappa shape index (κ1) is 17.8. The first-order chi connectivity index (χ1) is 14.1. The average molecular weight is 406 g/mol. The van der Waals surface area contributed by atoms with Crippen LogP contribution < -0.4 is 0 Å². The number of H-pyrrole nitrogens is 1. The Hall–Kier alpha value is -3.23. The number of rotatable bonds is 4. The summed E-state index contributed by atoms with van der Waals surface area (Å²) in [5, 5.41) is 8.10. The number of fused-ring (bicyclic) bond motifs is 1. The van der Waals surface area contributed by atoms with Crippen molar-refractivity contribution < 1.29 is 12.8 Å². The first-order valence-electron chi connectivity index (χ1n) is 9.26. The predicted octanol–water partition coefficient (Wildman–Crippen LogP) is 3.48. The molecule has 0 fully saturated rings. The van der Waals surface area contributed by atoms with Gasteiger partial charge < -0.3 is 9.40 Å². The second kappa shape index (κ2) is 6.98. The van der Waals surface area contributed by atoms with Gasteiger partial charge in [0, 0.05) is 24.8 Å². The Balaban J connectivity index is 1.41. The maximum atomic E-state index is 13.1. The summed E-state index contributed by atoms with van der Waals surface area (Å²) >= 11 is 0. The minimum Gasteiger partial charge on any atom is -0.415 e. The van der Waals surface area contributed by atoms with Crippen molar-refractivity contribution in [2.24, 2.45) is 0 Å². The van der Waals surface area contributed by atoms with E-state index >= 15 is 0 Å². The van der Waals surface area contributed by atoms with Crippen LogP contribution in [0.3, 0.4) is 0 Å². The van der Waals surface area contributed by atoms with Crippen LogP contribution in [0.15, 0.2) is 76.2 Å². The van der Waals surface area contributed by atoms with Crippen molar-refractivity contribution in [3.05, 3.63) is 78.0 Å². The van der Waals surface area contributed by atoms with Gasteiger partial charge in [-0.25, -0.2) is 8.42 Å². The van der Waals surface area contributed by atoms with Crippen molar-refractivity contribution in [3.63, 3.8) is 0 Å². The topological polar surface area (TPSA) is 92.1 Å². The Kier molecular flexibility index (Phi) is 4.30. The van der Waals surface area contributed by atoms with E-state index in [1.807, 2.05) is 54.6 Å². The van der Waals surface area contributed by atoms with Crippen LogP contribution in [0.25, 0.3) is 23.0 Å². The Morgan fingerprint density at radius 1 is 0.931 bits per heavy atom. The van der Waals surface area contributed by atoms with E-state index in [1.54, 1.807) is 0 Å². The summed E-state index contributed by atoms with van der Waals surface area (Å²) in [4.78, 5) is 3.14. The summed E-state index contributed by atoms with van der Waals surface area (Å²) in [6.45, 7) is 0.830. The molecular formula is C21H18N4O3S. The van der Waals surface area contributed by atoms with E-state index in [1.165, 1.54) is 22.1 Å². The number of nitrogens with zero attached hydrogens (tertiary/aromatic N) is 3. The van der Waals surface area contributed by atoms with Crippen LogP contribution in [-0.2, 0) is 23.0 Å². The van der Waals surface area contributed by atoms with Gasteiger partial charge in [-0.3, -0.25) is 0 Å². The van der Waals surface area contributed by atoms with Gasteiger partial charge in [0.05, 0.1) is 0 Å². The molecule has 0 amide bonds. The fraction of sp³-hybridized carbons (Fsp3) is 0.143. The molecule has 29 heavy (non-hydrogen) atoms. The lowest BCUT2D eigenvalue weighted by Crippen LogP contribution is -2.35. The molecule has 1 N–H and O–H groups in total. The normalized spacial score (nSPS) is 14.6. The van der Waals surface area contributed by atoms with Gasteiger partial charge >= 0.3 is 0 Å². The van der Waals surface area contributed by atoms with Gasteiger partial charge in [-0.2, -0.15) is 4.31 Å². The molecule has 2 aromatic heterocycles. The molecule has 0 unspecified atom stereocenters. The SMILES string of the molecule is O=S(=O)(c1c[nH]c(-c2nnc(-c3ccccc3)o2)c1)N1CCc2ccccc2C1. The molecule has 1 aliphatic heterocycles. The summed E-state index contributed by atoms with van der Waals surface area (Å²) < 4.78 is 33.4. The second-order valence-electron chi connectivity index (χ2n) is 6.88. The largest absolute Gasteiger partial charge is 0.415 e. The number of aromatic nitrogens is 3. The van der Waals surface area contributed by atoms with Crippen molar-refractivity contribution in [1.82, 2.24) is 19.5 Å². The molecular weight excluding hydrogens is 388 g/mol. The lowest BCUT2D eigenvalue weighted by molar-refractivity contribution is 0.391. The number of hydrogen-bond donors (Lipinski definition) is 1. The standard InChI is InChI=1S/C21H18N4O3S/c26-29(27,25-11-10-15-6-4-5-9-17(15)14-25)18-12-19(22-13-18)21-24-23-20(28-21)16-7-2-1-3-8-16/h1-9,12-13,22H,10-11,14H2. The molecule has 0 aliphatic carbocycles. The molecule has 0 bridgehead atoms. The number of sulfonamides is 1. The van der Waals surface area contributed by atoms with E-state index in [0.29, 0.717) is 31.1 Å². The van der Waals surface area contributed by atoms with Gasteiger partial charge in [0.25, 0.3) is 5.89 Å². The maximum Gasteiger partial charge on any atom is 0.264 e. The number of aromatic amines is 1. The molecule has 3 heterocycles. The maximum absolute atomic E-state index is 13.1. The molecule has 2 aromatic carbocycles. The van der Waals surface area contributed by atoms with Crippen LogP contribution >= 0.6 is 0 Å². The summed E-state index contributed by atoms with van der Waals surface area (Å²) in [5.74, 6) is 0.626. The molecule has 0 radical (unpaired) electrons. The molecule has 0 spiro atoms. The van der Waals surface area contributed by atoms with E-state index in [4.69, 9.17) is 4.42 Å². The number of nitrogens with one attached hydrogen (secondary N) is 1. The Morgan fingerprint density at radius 3 is 2.48 bits per heavy atom. The van der Waals surface area contributed by atoms with Crippen LogP contribution in [0.2, 0.25) is 0 Å². The van der Waals surface area contributed by atoms with Gasteiger partial charge in [-0.1, -0.05) is 42.5 Å². The van der Waals surface area contributed by atoms with Gasteiger partial charge in [0.2, 0.25) is 15.9 Å². The highest BCUT2D eigenvalue weighted by Gasteiger charge is 2.29. The van der Waals surface area contributed by atoms with E-state index in [-0.39, 0.29) is 10.8 Å². The second-order valence-corrected chi connectivity index (χ2v) is 8.82. The third-order valence-corrected chi connectivity index (χ3v) is 6.89. The highest BCUT2D eigenvalue weighted by atomic mass is 32.2. The predicted molar refractivity (Wildman–Crippen MR) is 107 cm³/mol. The Morgan fingerprint density at radius 2 is 1.66 bits per heavy atom. The highest BCUT2D eigenvalue weighted by molar-refractivity contribution is 7.89. The minimum absolute atomic E-state index is 0.186. The Bertz CT molecular complexity index is 1260. The van der Waals surface area contributed by atoms with E-state index < -0.39 is 10.0 Å². The Labute approximate surface area is 168 Å². The first-order valence-corrected chi connectivity index (χ1v) is 10.7. The quantitative estimate of drug-likeness (QED) is 0.560. The lowest BCUT2D eigenvalue weighted by Gasteiger charge is -2.27. The highest BCUT2D eigenvalue weighted by Crippen LogP contribution is 2.28. The van der Waals surface area contributed by atoms with E-state index in [9.17, 15) is 8.42 Å². The summed E-state index contributed by atoms with van der Waals surface area (Å²) in [6.07, 6.45) is 2.17. The van der Waals surface area contributed by atoms with Gasteiger partial charge in [-0.05, 0) is 35.7 Å². The fourth-order valence-corrected chi connectivity index (χ4v) is 4.91. The zero-order valence-corrected chi connectivity index (χ0v) is 16.3. The summed E-state index contributed by atoms with van der Waals surface area (Å²) in [6, 6.07) is 18.9. The average Bonchev–Trinajstić information content (AvgIpc) is 3.44. The molecule has 8 heteroatoms.